The average Bonchev–Trinajstić information content (AvgIpc) is 2.68. The predicted octanol–water partition coefficient (Wildman–Crippen LogP) is 3.42. The van der Waals surface area contributed by atoms with Gasteiger partial charge in [-0.2, -0.15) is 0 Å². The van der Waals surface area contributed by atoms with E-state index in [1.807, 2.05) is 6.92 Å². The summed E-state index contributed by atoms with van der Waals surface area (Å²) in [5.41, 5.74) is 2.97. The zero-order valence-corrected chi connectivity index (χ0v) is 19.5. The lowest BCUT2D eigenvalue weighted by Crippen LogP contribution is -2.42. The van der Waals surface area contributed by atoms with Crippen LogP contribution in [0.15, 0.2) is 29.3 Å². The molecular formula is C21H37IN4O. The Morgan fingerprint density at radius 1 is 1.19 bits per heavy atom. The van der Waals surface area contributed by atoms with E-state index in [9.17, 15) is 0 Å². The summed E-state index contributed by atoms with van der Waals surface area (Å²) >= 11 is 0. The van der Waals surface area contributed by atoms with Gasteiger partial charge < -0.3 is 15.4 Å². The van der Waals surface area contributed by atoms with Crippen LogP contribution in [0.1, 0.15) is 44.7 Å². The van der Waals surface area contributed by atoms with Crippen LogP contribution in [0.5, 0.6) is 0 Å². The molecule has 0 saturated carbocycles. The zero-order chi connectivity index (χ0) is 18.6. The molecule has 2 N–H and O–H groups in total. The Morgan fingerprint density at radius 2 is 1.96 bits per heavy atom. The van der Waals surface area contributed by atoms with Crippen LogP contribution in [0.25, 0.3) is 0 Å². The molecule has 0 fully saturated rings. The number of aliphatic imine (C=N–C) groups is 1. The molecule has 1 unspecified atom stereocenters. The predicted molar refractivity (Wildman–Crippen MR) is 125 cm³/mol. The van der Waals surface area contributed by atoms with Gasteiger partial charge in [-0.05, 0) is 51.2 Å². The molecular weight excluding hydrogens is 451 g/mol. The van der Waals surface area contributed by atoms with Gasteiger partial charge in [0.05, 0.1) is 6.54 Å². The van der Waals surface area contributed by atoms with Gasteiger partial charge in [0.1, 0.15) is 0 Å². The molecule has 0 saturated heterocycles. The monoisotopic (exact) mass is 488 g/mol. The van der Waals surface area contributed by atoms with Crippen LogP contribution in [0, 0.1) is 0 Å². The molecule has 1 aromatic carbocycles. The molecule has 0 spiro atoms. The fraction of sp³-hybridized carbons (Fsp3) is 0.667. The van der Waals surface area contributed by atoms with E-state index in [1.165, 1.54) is 11.1 Å². The molecule has 0 bridgehead atoms. The number of fused-ring (bicyclic) bond motifs is 1. The van der Waals surface area contributed by atoms with Gasteiger partial charge in [-0.3, -0.25) is 9.89 Å². The van der Waals surface area contributed by atoms with Gasteiger partial charge in [0.25, 0.3) is 0 Å². The van der Waals surface area contributed by atoms with Crippen molar-refractivity contribution in [2.45, 2.75) is 52.6 Å². The number of hydrogen-bond acceptors (Lipinski definition) is 3. The maximum Gasteiger partial charge on any atom is 0.191 e. The number of nitrogens with zero attached hydrogens (tertiary/aromatic N) is 2. The van der Waals surface area contributed by atoms with Crippen molar-refractivity contribution in [2.75, 3.05) is 39.4 Å². The quantitative estimate of drug-likeness (QED) is 0.229. The Hall–Kier alpha value is -0.860. The van der Waals surface area contributed by atoms with Gasteiger partial charge >= 0.3 is 0 Å². The van der Waals surface area contributed by atoms with Crippen molar-refractivity contribution in [3.8, 4) is 0 Å². The third-order valence-electron chi connectivity index (χ3n) is 4.85. The van der Waals surface area contributed by atoms with E-state index in [1.54, 1.807) is 0 Å². The molecule has 0 amide bonds. The fourth-order valence-electron chi connectivity index (χ4n) is 3.25. The number of halogens is 1. The topological polar surface area (TPSA) is 48.9 Å². The second-order valence-electron chi connectivity index (χ2n) is 6.89. The normalized spacial score (nSPS) is 15.6. The van der Waals surface area contributed by atoms with E-state index in [0.717, 1.165) is 71.2 Å². The molecule has 1 aliphatic rings. The number of rotatable bonds is 10. The van der Waals surface area contributed by atoms with Crippen LogP contribution in [0.4, 0.5) is 0 Å². The first-order valence-electron chi connectivity index (χ1n) is 10.1. The average molecular weight is 488 g/mol. The van der Waals surface area contributed by atoms with Gasteiger partial charge in [-0.25, -0.2) is 0 Å². The summed E-state index contributed by atoms with van der Waals surface area (Å²) in [5.74, 6) is 0.924. The van der Waals surface area contributed by atoms with E-state index in [-0.39, 0.29) is 24.0 Å². The molecule has 0 radical (unpaired) electrons. The van der Waals surface area contributed by atoms with Crippen molar-refractivity contribution in [3.05, 3.63) is 35.4 Å². The number of nitrogens with one attached hydrogen (secondary N) is 2. The zero-order valence-electron chi connectivity index (χ0n) is 17.2. The maximum atomic E-state index is 5.38. The SMILES string of the molecule is CCNC(=NCC(C)N1CCc2ccccc2C1)NCCCCOCC.I. The molecule has 1 aliphatic heterocycles. The number of guanidine groups is 1. The van der Waals surface area contributed by atoms with E-state index in [4.69, 9.17) is 9.73 Å². The second kappa shape index (κ2) is 14.2. The highest BCUT2D eigenvalue weighted by atomic mass is 127. The molecule has 5 nitrogen and oxygen atoms in total. The number of ether oxygens (including phenoxy) is 1. The third-order valence-corrected chi connectivity index (χ3v) is 4.85. The minimum absolute atomic E-state index is 0. The summed E-state index contributed by atoms with van der Waals surface area (Å²) in [5, 5.41) is 6.78. The highest BCUT2D eigenvalue weighted by molar-refractivity contribution is 14.0. The van der Waals surface area contributed by atoms with Crippen LogP contribution in [0.2, 0.25) is 0 Å². The summed E-state index contributed by atoms with van der Waals surface area (Å²) in [4.78, 5) is 7.34. The Kier molecular flexibility index (Phi) is 12.7. The largest absolute Gasteiger partial charge is 0.382 e. The van der Waals surface area contributed by atoms with E-state index in [2.05, 4.69) is 53.6 Å². The second-order valence-corrected chi connectivity index (χ2v) is 6.89. The molecule has 0 aliphatic carbocycles. The van der Waals surface area contributed by atoms with Crippen LogP contribution < -0.4 is 10.6 Å². The first-order valence-corrected chi connectivity index (χ1v) is 10.1. The molecule has 27 heavy (non-hydrogen) atoms. The Morgan fingerprint density at radius 3 is 2.70 bits per heavy atom. The maximum absolute atomic E-state index is 5.38. The first-order chi connectivity index (χ1) is 12.7. The van der Waals surface area contributed by atoms with Crippen LogP contribution >= 0.6 is 24.0 Å². The molecule has 1 aromatic rings. The molecule has 2 rings (SSSR count). The molecule has 1 heterocycles. The standard InChI is InChI=1S/C21H36N4O.HI/c1-4-22-21(23-13-8-9-15-26-5-2)24-16-18(3)25-14-12-19-10-6-7-11-20(19)17-25;/h6-7,10-11,18H,4-5,8-9,12-17H2,1-3H3,(H2,22,23,24);1H. The molecule has 0 aromatic heterocycles. The van der Waals surface area contributed by atoms with Gasteiger partial charge in [0, 0.05) is 45.4 Å². The number of benzene rings is 1. The Bertz CT molecular complexity index is 553. The number of unbranched alkanes of at least 4 members (excludes halogenated alkanes) is 1. The van der Waals surface area contributed by atoms with Crippen molar-refractivity contribution in [3.63, 3.8) is 0 Å². The Balaban J connectivity index is 0.00000364. The summed E-state index contributed by atoms with van der Waals surface area (Å²) in [6, 6.07) is 9.24. The first kappa shape index (κ1) is 24.2. The summed E-state index contributed by atoms with van der Waals surface area (Å²) in [6.45, 7) is 12.9. The van der Waals surface area contributed by atoms with Gasteiger partial charge in [0.2, 0.25) is 0 Å². The Labute approximate surface area is 182 Å². The minimum atomic E-state index is 0. The van der Waals surface area contributed by atoms with E-state index >= 15 is 0 Å². The smallest absolute Gasteiger partial charge is 0.191 e. The van der Waals surface area contributed by atoms with Crippen molar-refractivity contribution >= 4 is 29.9 Å². The number of hydrogen-bond donors (Lipinski definition) is 2. The van der Waals surface area contributed by atoms with Gasteiger partial charge in [-0.1, -0.05) is 24.3 Å². The lowest BCUT2D eigenvalue weighted by molar-refractivity contribution is 0.143. The van der Waals surface area contributed by atoms with Gasteiger partial charge in [-0.15, -0.1) is 24.0 Å². The fourth-order valence-corrected chi connectivity index (χ4v) is 3.25. The van der Waals surface area contributed by atoms with Crippen molar-refractivity contribution in [2.24, 2.45) is 4.99 Å². The van der Waals surface area contributed by atoms with E-state index in [0.29, 0.717) is 6.04 Å². The van der Waals surface area contributed by atoms with Crippen molar-refractivity contribution < 1.29 is 4.74 Å². The van der Waals surface area contributed by atoms with Crippen LogP contribution in [-0.4, -0.2) is 56.3 Å². The minimum Gasteiger partial charge on any atom is -0.382 e. The highest BCUT2D eigenvalue weighted by Gasteiger charge is 2.20. The van der Waals surface area contributed by atoms with Gasteiger partial charge in [0.15, 0.2) is 5.96 Å². The third kappa shape index (κ3) is 8.79. The molecule has 1 atom stereocenters. The lowest BCUT2D eigenvalue weighted by Gasteiger charge is -2.33. The molecule has 6 heteroatoms. The summed E-state index contributed by atoms with van der Waals surface area (Å²) in [6.07, 6.45) is 3.33. The summed E-state index contributed by atoms with van der Waals surface area (Å²) in [7, 11) is 0. The molecule has 154 valence electrons. The van der Waals surface area contributed by atoms with E-state index < -0.39 is 0 Å². The lowest BCUT2D eigenvalue weighted by atomic mass is 9.99. The highest BCUT2D eigenvalue weighted by Crippen LogP contribution is 2.20. The van der Waals surface area contributed by atoms with Crippen molar-refractivity contribution in [1.29, 1.82) is 0 Å². The summed E-state index contributed by atoms with van der Waals surface area (Å²) < 4.78 is 5.38. The van der Waals surface area contributed by atoms with Crippen molar-refractivity contribution in [1.82, 2.24) is 15.5 Å². The van der Waals surface area contributed by atoms with Crippen LogP contribution in [0.3, 0.4) is 0 Å². The van der Waals surface area contributed by atoms with Crippen LogP contribution in [-0.2, 0) is 17.7 Å².